The minimum Gasteiger partial charge on any atom is -0.341 e. The van der Waals surface area contributed by atoms with Crippen LogP contribution in [-0.4, -0.2) is 73.7 Å². The predicted octanol–water partition coefficient (Wildman–Crippen LogP) is 1.21. The molecular formula is C18H29ClN6O2S. The maximum atomic E-state index is 13.0. The summed E-state index contributed by atoms with van der Waals surface area (Å²) in [4.78, 5) is 29.1. The van der Waals surface area contributed by atoms with Crippen molar-refractivity contribution in [3.8, 4) is 0 Å². The summed E-state index contributed by atoms with van der Waals surface area (Å²) in [7, 11) is 0. The van der Waals surface area contributed by atoms with Crippen LogP contribution in [0.2, 0.25) is 0 Å². The largest absolute Gasteiger partial charge is 0.341 e. The number of hydrogen-bond acceptors (Lipinski definition) is 6. The smallest absolute Gasteiger partial charge is 0.246 e. The summed E-state index contributed by atoms with van der Waals surface area (Å²) in [5.74, 6) is 4.06. The Morgan fingerprint density at radius 3 is 2.75 bits per heavy atom. The number of likely N-dealkylation sites (tertiary alicyclic amines) is 1. The number of piperidine rings is 1. The Balaban J connectivity index is 0.00000225. The molecular weight excluding hydrogens is 400 g/mol. The summed E-state index contributed by atoms with van der Waals surface area (Å²) in [5, 5.41) is 12.1. The Kier molecular flexibility index (Phi) is 7.22. The molecule has 1 aromatic rings. The summed E-state index contributed by atoms with van der Waals surface area (Å²) >= 11 is 1.68. The normalized spacial score (nSPS) is 22.7. The van der Waals surface area contributed by atoms with Crippen LogP contribution in [0.4, 0.5) is 0 Å². The number of thioether (sulfide) groups is 1. The lowest BCUT2D eigenvalue weighted by molar-refractivity contribution is -0.144. The molecule has 0 bridgehead atoms. The van der Waals surface area contributed by atoms with E-state index in [9.17, 15) is 9.59 Å². The third kappa shape index (κ3) is 4.16. The molecule has 0 saturated carbocycles. The van der Waals surface area contributed by atoms with Crippen LogP contribution in [0.1, 0.15) is 50.2 Å². The van der Waals surface area contributed by atoms with Crippen molar-refractivity contribution in [2.24, 2.45) is 0 Å². The van der Waals surface area contributed by atoms with Gasteiger partial charge in [0.05, 0.1) is 12.4 Å². The second-order valence-corrected chi connectivity index (χ2v) is 8.53. The fourth-order valence-corrected chi connectivity index (χ4v) is 5.41. The van der Waals surface area contributed by atoms with Crippen LogP contribution < -0.4 is 5.32 Å². The third-order valence-electron chi connectivity index (χ3n) is 5.77. The number of hydrogen-bond donors (Lipinski definition) is 1. The Hall–Kier alpha value is -1.32. The van der Waals surface area contributed by atoms with E-state index in [1.54, 1.807) is 16.7 Å². The topological polar surface area (TPSA) is 83.4 Å². The van der Waals surface area contributed by atoms with Crippen LogP contribution in [0, 0.1) is 0 Å². The number of rotatable bonds is 4. The van der Waals surface area contributed by atoms with Gasteiger partial charge in [0.25, 0.3) is 0 Å². The standard InChI is InChI=1S/C18H28N6O2S.ClH/c1-2-3-16(25)24-12-27-11-14(24)18(26)22-7-4-13(5-8-22)17-21-20-15-10-19-6-9-23(15)17;/h13-14,19H,2-12H2,1H3;1H. The molecule has 1 atom stereocenters. The summed E-state index contributed by atoms with van der Waals surface area (Å²) in [6, 6.07) is -0.280. The quantitative estimate of drug-likeness (QED) is 0.776. The van der Waals surface area contributed by atoms with E-state index in [0.717, 1.165) is 69.4 Å². The number of carbonyl (C=O) groups excluding carboxylic acids is 2. The summed E-state index contributed by atoms with van der Waals surface area (Å²) < 4.78 is 2.25. The lowest BCUT2D eigenvalue weighted by Crippen LogP contribution is -2.51. The molecule has 0 spiro atoms. The minimum atomic E-state index is -0.280. The molecule has 2 fully saturated rings. The van der Waals surface area contributed by atoms with Gasteiger partial charge in [-0.25, -0.2) is 0 Å². The molecule has 3 aliphatic rings. The van der Waals surface area contributed by atoms with Crippen molar-refractivity contribution in [1.29, 1.82) is 0 Å². The monoisotopic (exact) mass is 428 g/mol. The molecule has 28 heavy (non-hydrogen) atoms. The van der Waals surface area contributed by atoms with Crippen LogP contribution in [0.25, 0.3) is 0 Å². The second kappa shape index (κ2) is 9.45. The first-order valence-corrected chi connectivity index (χ1v) is 11.1. The molecule has 1 N–H and O–H groups in total. The highest BCUT2D eigenvalue weighted by atomic mass is 35.5. The van der Waals surface area contributed by atoms with E-state index in [4.69, 9.17) is 0 Å². The Labute approximate surface area is 176 Å². The SMILES string of the molecule is CCCC(=O)N1CSCC1C(=O)N1CCC(c2nnc3n2CCNC3)CC1.Cl. The van der Waals surface area contributed by atoms with E-state index in [-0.39, 0.29) is 30.3 Å². The lowest BCUT2D eigenvalue weighted by atomic mass is 9.95. The maximum Gasteiger partial charge on any atom is 0.246 e. The van der Waals surface area contributed by atoms with Crippen molar-refractivity contribution in [3.63, 3.8) is 0 Å². The Morgan fingerprint density at radius 1 is 1.21 bits per heavy atom. The first-order chi connectivity index (χ1) is 13.2. The molecule has 8 nitrogen and oxygen atoms in total. The predicted molar refractivity (Wildman–Crippen MR) is 110 cm³/mol. The van der Waals surface area contributed by atoms with Gasteiger partial charge < -0.3 is 19.7 Å². The molecule has 0 aliphatic carbocycles. The number of aromatic nitrogens is 3. The molecule has 1 unspecified atom stereocenters. The number of amides is 2. The number of fused-ring (bicyclic) bond motifs is 1. The average molecular weight is 429 g/mol. The van der Waals surface area contributed by atoms with E-state index in [2.05, 4.69) is 20.1 Å². The molecule has 156 valence electrons. The van der Waals surface area contributed by atoms with Gasteiger partial charge in [-0.15, -0.1) is 34.4 Å². The molecule has 0 aromatic carbocycles. The van der Waals surface area contributed by atoms with Gasteiger partial charge in [-0.3, -0.25) is 9.59 Å². The van der Waals surface area contributed by atoms with Gasteiger partial charge >= 0.3 is 0 Å². The first-order valence-electron chi connectivity index (χ1n) is 9.97. The molecule has 3 aliphatic heterocycles. The van der Waals surface area contributed by atoms with Crippen LogP contribution in [-0.2, 0) is 22.7 Å². The Morgan fingerprint density at radius 2 is 2.00 bits per heavy atom. The number of nitrogens with zero attached hydrogens (tertiary/aromatic N) is 5. The van der Waals surface area contributed by atoms with E-state index in [1.165, 1.54) is 0 Å². The van der Waals surface area contributed by atoms with Crippen molar-refractivity contribution in [2.45, 2.75) is 57.7 Å². The second-order valence-electron chi connectivity index (χ2n) is 7.53. The van der Waals surface area contributed by atoms with Crippen molar-refractivity contribution >= 4 is 36.0 Å². The van der Waals surface area contributed by atoms with E-state index in [0.29, 0.717) is 18.2 Å². The molecule has 1 aromatic heterocycles. The van der Waals surface area contributed by atoms with Crippen molar-refractivity contribution in [1.82, 2.24) is 29.9 Å². The molecule has 0 radical (unpaired) electrons. The highest BCUT2D eigenvalue weighted by molar-refractivity contribution is 7.99. The van der Waals surface area contributed by atoms with Crippen LogP contribution in [0.5, 0.6) is 0 Å². The van der Waals surface area contributed by atoms with Gasteiger partial charge in [0.15, 0.2) is 0 Å². The van der Waals surface area contributed by atoms with Gasteiger partial charge in [-0.05, 0) is 19.3 Å². The van der Waals surface area contributed by atoms with Crippen LogP contribution in [0.3, 0.4) is 0 Å². The minimum absolute atomic E-state index is 0. The molecule has 10 heteroatoms. The highest BCUT2D eigenvalue weighted by Crippen LogP contribution is 2.30. The van der Waals surface area contributed by atoms with Crippen LogP contribution in [0.15, 0.2) is 0 Å². The zero-order chi connectivity index (χ0) is 18.8. The van der Waals surface area contributed by atoms with E-state index >= 15 is 0 Å². The molecule has 4 rings (SSSR count). The Bertz CT molecular complexity index is 706. The molecule has 2 amide bonds. The molecule has 2 saturated heterocycles. The number of carbonyl (C=O) groups is 2. The zero-order valence-electron chi connectivity index (χ0n) is 16.3. The van der Waals surface area contributed by atoms with Crippen molar-refractivity contribution in [3.05, 3.63) is 11.6 Å². The molecule has 4 heterocycles. The summed E-state index contributed by atoms with van der Waals surface area (Å²) in [6.07, 6.45) is 3.18. The van der Waals surface area contributed by atoms with Gasteiger partial charge in [-0.1, -0.05) is 6.92 Å². The van der Waals surface area contributed by atoms with Crippen LogP contribution >= 0.6 is 24.2 Å². The van der Waals surface area contributed by atoms with Gasteiger partial charge in [0.2, 0.25) is 11.8 Å². The number of halogens is 1. The first kappa shape index (κ1) is 21.4. The summed E-state index contributed by atoms with van der Waals surface area (Å²) in [6.45, 7) is 6.13. The van der Waals surface area contributed by atoms with E-state index in [1.807, 2.05) is 11.8 Å². The summed E-state index contributed by atoms with van der Waals surface area (Å²) in [5.41, 5.74) is 0. The maximum absolute atomic E-state index is 13.0. The van der Waals surface area contributed by atoms with Gasteiger partial charge in [0.1, 0.15) is 17.7 Å². The van der Waals surface area contributed by atoms with Crippen molar-refractivity contribution in [2.75, 3.05) is 31.3 Å². The number of nitrogens with one attached hydrogen (secondary N) is 1. The van der Waals surface area contributed by atoms with Crippen molar-refractivity contribution < 1.29 is 9.59 Å². The third-order valence-corrected chi connectivity index (χ3v) is 6.79. The van der Waals surface area contributed by atoms with Gasteiger partial charge in [0, 0.05) is 44.3 Å². The lowest BCUT2D eigenvalue weighted by Gasteiger charge is -2.35. The fourth-order valence-electron chi connectivity index (χ4n) is 4.24. The fraction of sp³-hybridized carbons (Fsp3) is 0.778. The zero-order valence-corrected chi connectivity index (χ0v) is 17.9. The van der Waals surface area contributed by atoms with Gasteiger partial charge in [-0.2, -0.15) is 0 Å². The van der Waals surface area contributed by atoms with E-state index < -0.39 is 0 Å². The average Bonchev–Trinajstić information content (AvgIpc) is 3.35. The highest BCUT2D eigenvalue weighted by Gasteiger charge is 2.38.